The van der Waals surface area contributed by atoms with Crippen molar-refractivity contribution >= 4 is 5.97 Å². The molecule has 2 aliphatic carbocycles. The molecule has 1 saturated heterocycles. The molecular weight excluding hydrogens is 361 g/mol. The molecule has 5 nitrogen and oxygen atoms in total. The van der Waals surface area contributed by atoms with Crippen molar-refractivity contribution in [2.75, 3.05) is 39.5 Å². The van der Waals surface area contributed by atoms with E-state index in [2.05, 4.69) is 11.5 Å². The second kappa shape index (κ2) is 8.21. The van der Waals surface area contributed by atoms with Crippen LogP contribution in [0, 0.1) is 17.7 Å². The highest BCUT2D eigenvalue weighted by Gasteiger charge is 2.51. The van der Waals surface area contributed by atoms with Gasteiger partial charge in [-0.1, -0.05) is 6.58 Å². The summed E-state index contributed by atoms with van der Waals surface area (Å²) < 4.78 is 31.2. The zero-order chi connectivity index (χ0) is 19.6. The molecule has 0 aromatic heterocycles. The third-order valence-corrected chi connectivity index (χ3v) is 6.40. The summed E-state index contributed by atoms with van der Waals surface area (Å²) in [6.45, 7) is 8.02. The summed E-state index contributed by atoms with van der Waals surface area (Å²) in [6.07, 6.45) is 6.10. The Balaban J connectivity index is 1.39. The first kappa shape index (κ1) is 19.4. The second-order valence-electron chi connectivity index (χ2n) is 8.08. The van der Waals surface area contributed by atoms with E-state index in [9.17, 15) is 9.18 Å². The maximum Gasteiger partial charge on any atom is 0.338 e. The Morgan fingerprint density at radius 3 is 2.86 bits per heavy atom. The van der Waals surface area contributed by atoms with E-state index in [1.54, 1.807) is 0 Å². The number of benzene rings is 1. The lowest BCUT2D eigenvalue weighted by Crippen LogP contribution is -2.39. The van der Waals surface area contributed by atoms with Gasteiger partial charge in [0.15, 0.2) is 11.6 Å². The highest BCUT2D eigenvalue weighted by atomic mass is 19.1. The second-order valence-corrected chi connectivity index (χ2v) is 8.08. The van der Waals surface area contributed by atoms with Gasteiger partial charge in [0.2, 0.25) is 0 Å². The standard InChI is InChI=1S/C22H28FNO4/c1-2-22(15-16-3-5-18(22)13-16)28-20-14-17(4-6-19(20)23)21(25)27-12-9-24-7-10-26-11-8-24/h2,4,6,14,16,18H,1,3,5,7-13,15H2. The van der Waals surface area contributed by atoms with E-state index in [-0.39, 0.29) is 5.75 Å². The van der Waals surface area contributed by atoms with Crippen LogP contribution >= 0.6 is 0 Å². The summed E-state index contributed by atoms with van der Waals surface area (Å²) in [5.41, 5.74) is -0.219. The number of hydrogen-bond donors (Lipinski definition) is 0. The van der Waals surface area contributed by atoms with Crippen LogP contribution in [-0.2, 0) is 9.47 Å². The van der Waals surface area contributed by atoms with Crippen LogP contribution in [0.5, 0.6) is 5.75 Å². The monoisotopic (exact) mass is 389 g/mol. The lowest BCUT2D eigenvalue weighted by molar-refractivity contribution is 0.0194. The molecule has 1 heterocycles. The van der Waals surface area contributed by atoms with E-state index in [1.165, 1.54) is 24.6 Å². The van der Waals surface area contributed by atoms with Gasteiger partial charge >= 0.3 is 5.97 Å². The van der Waals surface area contributed by atoms with Crippen LogP contribution in [0.4, 0.5) is 4.39 Å². The zero-order valence-electron chi connectivity index (χ0n) is 16.2. The topological polar surface area (TPSA) is 48.0 Å². The number of ether oxygens (including phenoxy) is 3. The highest BCUT2D eigenvalue weighted by Crippen LogP contribution is 2.53. The number of rotatable bonds is 7. The molecule has 28 heavy (non-hydrogen) atoms. The van der Waals surface area contributed by atoms with Crippen molar-refractivity contribution < 1.29 is 23.4 Å². The summed E-state index contributed by atoms with van der Waals surface area (Å²) in [7, 11) is 0. The Morgan fingerprint density at radius 1 is 1.36 bits per heavy atom. The number of fused-ring (bicyclic) bond motifs is 2. The minimum absolute atomic E-state index is 0.107. The van der Waals surface area contributed by atoms with Gasteiger partial charge in [-0.25, -0.2) is 9.18 Å². The van der Waals surface area contributed by atoms with Gasteiger partial charge in [0, 0.05) is 25.6 Å². The van der Waals surface area contributed by atoms with Crippen LogP contribution < -0.4 is 4.74 Å². The van der Waals surface area contributed by atoms with Crippen LogP contribution in [0.15, 0.2) is 30.9 Å². The summed E-state index contributed by atoms with van der Waals surface area (Å²) in [5, 5.41) is 0. The van der Waals surface area contributed by atoms with E-state index >= 15 is 0 Å². The van der Waals surface area contributed by atoms with Crippen LogP contribution in [0.3, 0.4) is 0 Å². The molecule has 3 atom stereocenters. The van der Waals surface area contributed by atoms with Gasteiger partial charge in [-0.2, -0.15) is 0 Å². The molecule has 1 aromatic carbocycles. The number of carbonyl (C=O) groups is 1. The Labute approximate surface area is 165 Å². The van der Waals surface area contributed by atoms with Crippen LogP contribution in [-0.4, -0.2) is 55.9 Å². The van der Waals surface area contributed by atoms with Gasteiger partial charge in [-0.3, -0.25) is 4.90 Å². The minimum Gasteiger partial charge on any atom is -0.480 e. The lowest BCUT2D eigenvalue weighted by Gasteiger charge is -2.35. The van der Waals surface area contributed by atoms with Gasteiger partial charge in [-0.05, 0) is 55.9 Å². The predicted molar refractivity (Wildman–Crippen MR) is 103 cm³/mol. The summed E-state index contributed by atoms with van der Waals surface area (Å²) in [4.78, 5) is 14.6. The van der Waals surface area contributed by atoms with E-state index in [0.29, 0.717) is 43.8 Å². The molecule has 0 amide bonds. The SMILES string of the molecule is C=CC1(Oc2cc(C(=O)OCCN3CCOCC3)ccc2F)CC2CCC1C2. The Kier molecular flexibility index (Phi) is 5.69. The van der Waals surface area contributed by atoms with Crippen molar-refractivity contribution in [3.05, 3.63) is 42.2 Å². The molecule has 3 unspecified atom stereocenters. The van der Waals surface area contributed by atoms with Gasteiger partial charge < -0.3 is 14.2 Å². The first-order valence-electron chi connectivity index (χ1n) is 10.2. The maximum absolute atomic E-state index is 14.4. The van der Waals surface area contributed by atoms with Crippen molar-refractivity contribution in [1.82, 2.24) is 4.90 Å². The Bertz CT molecular complexity index is 733. The fourth-order valence-electron chi connectivity index (χ4n) is 4.83. The molecule has 0 spiro atoms. The molecule has 1 aliphatic heterocycles. The van der Waals surface area contributed by atoms with Crippen molar-refractivity contribution in [3.8, 4) is 5.75 Å². The highest BCUT2D eigenvalue weighted by molar-refractivity contribution is 5.89. The van der Waals surface area contributed by atoms with E-state index < -0.39 is 17.4 Å². The maximum atomic E-state index is 14.4. The number of esters is 1. The zero-order valence-corrected chi connectivity index (χ0v) is 16.2. The molecule has 0 radical (unpaired) electrons. The predicted octanol–water partition coefficient (Wildman–Crippen LogP) is 3.44. The van der Waals surface area contributed by atoms with Crippen LogP contribution in [0.25, 0.3) is 0 Å². The molecule has 3 fully saturated rings. The smallest absolute Gasteiger partial charge is 0.338 e. The Hall–Kier alpha value is -1.92. The van der Waals surface area contributed by atoms with Crippen molar-refractivity contribution in [2.24, 2.45) is 11.8 Å². The minimum atomic E-state index is -0.525. The Morgan fingerprint density at radius 2 is 2.18 bits per heavy atom. The number of morpholine rings is 1. The van der Waals surface area contributed by atoms with Gasteiger partial charge in [-0.15, -0.1) is 0 Å². The average molecular weight is 389 g/mol. The molecule has 4 rings (SSSR count). The number of carbonyl (C=O) groups excluding carboxylic acids is 1. The summed E-state index contributed by atoms with van der Waals surface area (Å²) >= 11 is 0. The van der Waals surface area contributed by atoms with Crippen LogP contribution in [0.1, 0.15) is 36.0 Å². The van der Waals surface area contributed by atoms with Crippen molar-refractivity contribution in [1.29, 1.82) is 0 Å². The van der Waals surface area contributed by atoms with Gasteiger partial charge in [0.25, 0.3) is 0 Å². The molecule has 2 bridgehead atoms. The first-order chi connectivity index (χ1) is 13.6. The largest absolute Gasteiger partial charge is 0.480 e. The normalized spacial score (nSPS) is 29.6. The fraction of sp³-hybridized carbons (Fsp3) is 0.591. The number of hydrogen-bond acceptors (Lipinski definition) is 5. The molecule has 6 heteroatoms. The lowest BCUT2D eigenvalue weighted by atomic mass is 9.84. The van der Waals surface area contributed by atoms with E-state index in [1.807, 2.05) is 6.08 Å². The molecular formula is C22H28FNO4. The fourth-order valence-corrected chi connectivity index (χ4v) is 4.83. The van der Waals surface area contributed by atoms with E-state index in [0.717, 1.165) is 32.4 Å². The quantitative estimate of drug-likeness (QED) is 0.528. The van der Waals surface area contributed by atoms with E-state index in [4.69, 9.17) is 14.2 Å². The third-order valence-electron chi connectivity index (χ3n) is 6.40. The molecule has 152 valence electrons. The summed E-state index contributed by atoms with van der Waals surface area (Å²) in [5.74, 6) is 0.181. The molecule has 0 N–H and O–H groups in total. The number of nitrogens with zero attached hydrogens (tertiary/aromatic N) is 1. The molecule has 3 aliphatic rings. The first-order valence-corrected chi connectivity index (χ1v) is 10.2. The van der Waals surface area contributed by atoms with Gasteiger partial charge in [0.1, 0.15) is 12.2 Å². The molecule has 2 saturated carbocycles. The average Bonchev–Trinajstić information content (AvgIpc) is 3.32. The van der Waals surface area contributed by atoms with Crippen molar-refractivity contribution in [2.45, 2.75) is 31.3 Å². The summed E-state index contributed by atoms with van der Waals surface area (Å²) in [6, 6.07) is 4.18. The number of halogens is 1. The van der Waals surface area contributed by atoms with Crippen molar-refractivity contribution in [3.63, 3.8) is 0 Å². The van der Waals surface area contributed by atoms with Gasteiger partial charge in [0.05, 0.1) is 18.8 Å². The van der Waals surface area contributed by atoms with Crippen LogP contribution in [0.2, 0.25) is 0 Å². The molecule has 1 aromatic rings. The third kappa shape index (κ3) is 3.94.